The van der Waals surface area contributed by atoms with Crippen molar-refractivity contribution in [1.82, 2.24) is 0 Å². The minimum Gasteiger partial charge on any atom is -0.0613 e. The minimum atomic E-state index is 1.07. The molecule has 2 rings (SSSR count). The number of benzene rings is 2. The third-order valence-electron chi connectivity index (χ3n) is 4.04. The molecule has 0 amide bonds. The van der Waals surface area contributed by atoms with E-state index in [2.05, 4.69) is 74.8 Å². The van der Waals surface area contributed by atoms with E-state index in [1.54, 1.807) is 0 Å². The zero-order chi connectivity index (χ0) is 14.2. The Balaban J connectivity index is 2.78. The van der Waals surface area contributed by atoms with Crippen molar-refractivity contribution in [3.63, 3.8) is 0 Å². The Bertz CT molecular complexity index is 607. The fraction of sp³-hybridized carbons (Fsp3) is 0.333. The van der Waals surface area contributed by atoms with Gasteiger partial charge in [0.2, 0.25) is 0 Å². The molecule has 2 aromatic rings. The summed E-state index contributed by atoms with van der Waals surface area (Å²) in [5.74, 6) is 0. The van der Waals surface area contributed by atoms with Gasteiger partial charge in [-0.1, -0.05) is 52.7 Å². The lowest BCUT2D eigenvalue weighted by Gasteiger charge is -2.19. The van der Waals surface area contributed by atoms with Crippen molar-refractivity contribution >= 4 is 15.9 Å². The first-order valence-electron chi connectivity index (χ1n) is 6.82. The molecule has 1 heteroatoms. The van der Waals surface area contributed by atoms with Crippen LogP contribution in [-0.2, 0) is 6.42 Å². The Morgan fingerprint density at radius 3 is 1.95 bits per heavy atom. The summed E-state index contributed by atoms with van der Waals surface area (Å²) >= 11 is 3.76. The lowest BCUT2D eigenvalue weighted by atomic mass is 9.88. The van der Waals surface area contributed by atoms with Crippen molar-refractivity contribution in [1.29, 1.82) is 0 Å². The molecule has 0 bridgehead atoms. The highest BCUT2D eigenvalue weighted by Gasteiger charge is 2.15. The van der Waals surface area contributed by atoms with E-state index in [9.17, 15) is 0 Å². The van der Waals surface area contributed by atoms with E-state index < -0.39 is 0 Å². The highest BCUT2D eigenvalue weighted by atomic mass is 79.9. The highest BCUT2D eigenvalue weighted by Crippen LogP contribution is 2.37. The van der Waals surface area contributed by atoms with Crippen LogP contribution in [-0.4, -0.2) is 0 Å². The topological polar surface area (TPSA) is 0 Å². The Labute approximate surface area is 125 Å². The van der Waals surface area contributed by atoms with Crippen molar-refractivity contribution in [2.75, 3.05) is 0 Å². The summed E-state index contributed by atoms with van der Waals surface area (Å²) < 4.78 is 1.25. The number of halogens is 1. The van der Waals surface area contributed by atoms with Crippen LogP contribution in [0.5, 0.6) is 0 Å². The normalized spacial score (nSPS) is 10.8. The van der Waals surface area contributed by atoms with Gasteiger partial charge in [-0.05, 0) is 67.5 Å². The average molecular weight is 317 g/mol. The van der Waals surface area contributed by atoms with Crippen LogP contribution >= 0.6 is 15.9 Å². The second-order valence-electron chi connectivity index (χ2n) is 5.26. The highest BCUT2D eigenvalue weighted by molar-refractivity contribution is 9.10. The predicted octanol–water partition coefficient (Wildman–Crippen LogP) is 5.91. The molecular weight excluding hydrogens is 296 g/mol. The molecule has 0 saturated heterocycles. The van der Waals surface area contributed by atoms with Gasteiger partial charge in [0.1, 0.15) is 0 Å². The van der Waals surface area contributed by atoms with Gasteiger partial charge >= 0.3 is 0 Å². The Hall–Kier alpha value is -1.08. The number of hydrogen-bond donors (Lipinski definition) is 0. The van der Waals surface area contributed by atoms with Gasteiger partial charge < -0.3 is 0 Å². The van der Waals surface area contributed by atoms with E-state index in [-0.39, 0.29) is 0 Å². The number of rotatable bonds is 2. The Morgan fingerprint density at radius 1 is 0.842 bits per heavy atom. The molecule has 100 valence electrons. The molecule has 0 aliphatic heterocycles. The maximum Gasteiger partial charge on any atom is 0.0242 e. The first-order valence-corrected chi connectivity index (χ1v) is 7.61. The summed E-state index contributed by atoms with van der Waals surface area (Å²) in [6, 6.07) is 8.85. The second-order valence-corrected chi connectivity index (χ2v) is 6.06. The molecule has 0 fully saturated rings. The summed E-state index contributed by atoms with van der Waals surface area (Å²) in [5.41, 5.74) is 9.63. The molecule has 0 N–H and O–H groups in total. The van der Waals surface area contributed by atoms with Gasteiger partial charge in [0, 0.05) is 4.47 Å². The molecule has 0 atom stereocenters. The molecule has 0 aliphatic rings. The number of hydrogen-bond acceptors (Lipinski definition) is 0. The lowest BCUT2D eigenvalue weighted by molar-refractivity contribution is 1.08. The first kappa shape index (κ1) is 14.3. The van der Waals surface area contributed by atoms with Crippen LogP contribution in [0.1, 0.15) is 34.7 Å². The Kier molecular flexibility index (Phi) is 4.15. The molecule has 0 spiro atoms. The van der Waals surface area contributed by atoms with Crippen molar-refractivity contribution < 1.29 is 0 Å². The lowest BCUT2D eigenvalue weighted by Crippen LogP contribution is -2.00. The maximum atomic E-state index is 3.76. The molecule has 0 aromatic heterocycles. The van der Waals surface area contributed by atoms with Gasteiger partial charge in [-0.15, -0.1) is 0 Å². The van der Waals surface area contributed by atoms with E-state index in [1.807, 2.05) is 0 Å². The molecular formula is C18H21Br. The van der Waals surface area contributed by atoms with Crippen LogP contribution in [0, 0.1) is 27.7 Å². The minimum absolute atomic E-state index is 1.07. The molecule has 0 unspecified atom stereocenters. The quantitative estimate of drug-likeness (QED) is 0.645. The molecule has 0 nitrogen and oxygen atoms in total. The van der Waals surface area contributed by atoms with E-state index in [0.29, 0.717) is 0 Å². The fourth-order valence-electron chi connectivity index (χ4n) is 2.75. The van der Waals surface area contributed by atoms with E-state index in [4.69, 9.17) is 0 Å². The molecule has 2 aromatic carbocycles. The van der Waals surface area contributed by atoms with E-state index >= 15 is 0 Å². The summed E-state index contributed by atoms with van der Waals surface area (Å²) in [6.45, 7) is 11.0. The summed E-state index contributed by atoms with van der Waals surface area (Å²) in [5, 5.41) is 0. The zero-order valence-electron chi connectivity index (χ0n) is 12.4. The third-order valence-corrected chi connectivity index (χ3v) is 5.23. The molecule has 0 saturated carbocycles. The van der Waals surface area contributed by atoms with Crippen molar-refractivity contribution in [3.05, 3.63) is 56.6 Å². The van der Waals surface area contributed by atoms with E-state index in [0.717, 1.165) is 6.42 Å². The molecule has 0 heterocycles. The largest absolute Gasteiger partial charge is 0.0613 e. The fourth-order valence-corrected chi connectivity index (χ4v) is 3.24. The van der Waals surface area contributed by atoms with Crippen LogP contribution < -0.4 is 0 Å². The van der Waals surface area contributed by atoms with Crippen LogP contribution in [0.3, 0.4) is 0 Å². The average Bonchev–Trinajstić information content (AvgIpc) is 2.41. The van der Waals surface area contributed by atoms with Crippen molar-refractivity contribution in [2.24, 2.45) is 0 Å². The van der Waals surface area contributed by atoms with Gasteiger partial charge in [-0.25, -0.2) is 0 Å². The number of aryl methyl sites for hydroxylation is 1. The van der Waals surface area contributed by atoms with Crippen LogP contribution in [0.2, 0.25) is 0 Å². The van der Waals surface area contributed by atoms with Crippen molar-refractivity contribution in [3.8, 4) is 11.1 Å². The van der Waals surface area contributed by atoms with Gasteiger partial charge in [0.05, 0.1) is 0 Å². The van der Waals surface area contributed by atoms with Crippen LogP contribution in [0.4, 0.5) is 0 Å². The van der Waals surface area contributed by atoms with Crippen LogP contribution in [0.25, 0.3) is 11.1 Å². The van der Waals surface area contributed by atoms with E-state index in [1.165, 1.54) is 43.4 Å². The standard InChI is InChI=1S/C18H21Br/c1-6-16-12(3)13(4)18(19)14(5)17(16)15-9-7-11(2)8-10-15/h7-10H,6H2,1-5H3. The van der Waals surface area contributed by atoms with Gasteiger partial charge in [-0.2, -0.15) is 0 Å². The maximum absolute atomic E-state index is 3.76. The Morgan fingerprint density at radius 2 is 1.42 bits per heavy atom. The second kappa shape index (κ2) is 5.50. The monoisotopic (exact) mass is 316 g/mol. The summed E-state index contributed by atoms with van der Waals surface area (Å²) in [6.07, 6.45) is 1.07. The smallest absolute Gasteiger partial charge is 0.0242 e. The molecule has 19 heavy (non-hydrogen) atoms. The molecule has 0 radical (unpaired) electrons. The summed E-state index contributed by atoms with van der Waals surface area (Å²) in [4.78, 5) is 0. The summed E-state index contributed by atoms with van der Waals surface area (Å²) in [7, 11) is 0. The molecule has 0 aliphatic carbocycles. The van der Waals surface area contributed by atoms with Gasteiger partial charge in [0.15, 0.2) is 0 Å². The van der Waals surface area contributed by atoms with Gasteiger partial charge in [-0.3, -0.25) is 0 Å². The van der Waals surface area contributed by atoms with Gasteiger partial charge in [0.25, 0.3) is 0 Å². The third kappa shape index (κ3) is 2.49. The predicted molar refractivity (Wildman–Crippen MR) is 87.9 cm³/mol. The first-order chi connectivity index (χ1) is 8.97. The van der Waals surface area contributed by atoms with Crippen LogP contribution in [0.15, 0.2) is 28.7 Å². The van der Waals surface area contributed by atoms with Crippen molar-refractivity contribution in [2.45, 2.75) is 41.0 Å². The zero-order valence-corrected chi connectivity index (χ0v) is 14.0. The SMILES string of the molecule is CCc1c(C)c(C)c(Br)c(C)c1-c1ccc(C)cc1.